The molecule has 3 heterocycles. The molecule has 0 saturated carbocycles. The Balaban J connectivity index is 0.000000921. The van der Waals surface area contributed by atoms with Gasteiger partial charge in [-0.25, -0.2) is 4.98 Å². The molecule has 0 radical (unpaired) electrons. The van der Waals surface area contributed by atoms with Gasteiger partial charge >= 0.3 is 0 Å². The molecular formula is C21H31N7. The largest absolute Gasteiger partial charge is 0.382 e. The second kappa shape index (κ2) is 10.9. The molecule has 0 spiro atoms. The van der Waals surface area contributed by atoms with Gasteiger partial charge in [0.05, 0.1) is 17.9 Å². The second-order valence-electron chi connectivity index (χ2n) is 5.61. The van der Waals surface area contributed by atoms with Crippen molar-refractivity contribution in [3.63, 3.8) is 0 Å². The number of fused-ring (bicyclic) bond motifs is 1. The van der Waals surface area contributed by atoms with E-state index < -0.39 is 0 Å². The molecule has 0 atom stereocenters. The number of nitriles is 1. The van der Waals surface area contributed by atoms with Crippen molar-refractivity contribution in [2.45, 2.75) is 61.4 Å². The fraction of sp³-hybridized carbons (Fsp3) is 0.429. The average Bonchev–Trinajstić information content (AvgIpc) is 3.04. The molecule has 0 aliphatic rings. The SMILES string of the molecule is CC.CC.CCc1cccc(CNc2nc3c(C)c(C)nn3c(N)c2C#N)n1. The molecule has 0 aliphatic carbocycles. The van der Waals surface area contributed by atoms with E-state index in [1.165, 1.54) is 4.52 Å². The maximum atomic E-state index is 9.45. The summed E-state index contributed by atoms with van der Waals surface area (Å²) in [6.07, 6.45) is 0.878. The van der Waals surface area contributed by atoms with Gasteiger partial charge in [-0.3, -0.25) is 4.98 Å². The van der Waals surface area contributed by atoms with Crippen LogP contribution in [-0.4, -0.2) is 19.6 Å². The van der Waals surface area contributed by atoms with Crippen LogP contribution in [0.2, 0.25) is 0 Å². The number of rotatable bonds is 4. The van der Waals surface area contributed by atoms with Gasteiger partial charge in [0.25, 0.3) is 0 Å². The van der Waals surface area contributed by atoms with Crippen molar-refractivity contribution in [3.8, 4) is 6.07 Å². The van der Waals surface area contributed by atoms with Gasteiger partial charge in [-0.1, -0.05) is 40.7 Å². The monoisotopic (exact) mass is 381 g/mol. The number of hydrogen-bond donors (Lipinski definition) is 2. The summed E-state index contributed by atoms with van der Waals surface area (Å²) in [6, 6.07) is 8.02. The number of aryl methyl sites for hydroxylation is 3. The maximum Gasteiger partial charge on any atom is 0.162 e. The second-order valence-corrected chi connectivity index (χ2v) is 5.61. The van der Waals surface area contributed by atoms with Crippen molar-refractivity contribution in [2.24, 2.45) is 0 Å². The molecule has 0 fully saturated rings. The number of hydrogen-bond acceptors (Lipinski definition) is 6. The summed E-state index contributed by atoms with van der Waals surface area (Å²) in [7, 11) is 0. The Labute approximate surface area is 167 Å². The molecule has 0 unspecified atom stereocenters. The molecule has 3 rings (SSSR count). The van der Waals surface area contributed by atoms with Crippen LogP contribution in [0.3, 0.4) is 0 Å². The number of nitrogens with zero attached hydrogens (tertiary/aromatic N) is 5. The molecule has 3 N–H and O–H groups in total. The Morgan fingerprint density at radius 1 is 1.11 bits per heavy atom. The fourth-order valence-electron chi connectivity index (χ4n) is 2.52. The lowest BCUT2D eigenvalue weighted by molar-refractivity contribution is 0.917. The lowest BCUT2D eigenvalue weighted by Crippen LogP contribution is -2.11. The van der Waals surface area contributed by atoms with Crippen molar-refractivity contribution in [1.82, 2.24) is 19.6 Å². The van der Waals surface area contributed by atoms with Crippen LogP contribution in [-0.2, 0) is 13.0 Å². The zero-order chi connectivity index (χ0) is 21.3. The van der Waals surface area contributed by atoms with Crippen LogP contribution in [0, 0.1) is 25.2 Å². The molecule has 150 valence electrons. The Morgan fingerprint density at radius 3 is 2.36 bits per heavy atom. The van der Waals surface area contributed by atoms with E-state index >= 15 is 0 Å². The highest BCUT2D eigenvalue weighted by Crippen LogP contribution is 2.24. The molecule has 0 saturated heterocycles. The summed E-state index contributed by atoms with van der Waals surface area (Å²) in [5.41, 5.74) is 10.8. The lowest BCUT2D eigenvalue weighted by atomic mass is 10.2. The predicted octanol–water partition coefficient (Wildman–Crippen LogP) is 4.42. The average molecular weight is 382 g/mol. The molecule has 0 aromatic carbocycles. The third-order valence-corrected chi connectivity index (χ3v) is 4.04. The summed E-state index contributed by atoms with van der Waals surface area (Å²) in [6.45, 7) is 14.4. The zero-order valence-electron chi connectivity index (χ0n) is 18.0. The molecule has 7 nitrogen and oxygen atoms in total. The maximum absolute atomic E-state index is 9.45. The third kappa shape index (κ3) is 4.77. The van der Waals surface area contributed by atoms with Crippen molar-refractivity contribution >= 4 is 17.3 Å². The number of nitrogens with one attached hydrogen (secondary N) is 1. The Bertz CT molecular complexity index is 952. The minimum Gasteiger partial charge on any atom is -0.382 e. The third-order valence-electron chi connectivity index (χ3n) is 4.04. The normalized spacial score (nSPS) is 9.64. The van der Waals surface area contributed by atoms with Crippen LogP contribution >= 0.6 is 0 Å². The van der Waals surface area contributed by atoms with Crippen molar-refractivity contribution in [2.75, 3.05) is 11.1 Å². The van der Waals surface area contributed by atoms with Gasteiger partial charge in [0.15, 0.2) is 11.5 Å². The molecule has 28 heavy (non-hydrogen) atoms. The van der Waals surface area contributed by atoms with Crippen LogP contribution in [0.5, 0.6) is 0 Å². The minimum absolute atomic E-state index is 0.288. The van der Waals surface area contributed by atoms with Crippen LogP contribution in [0.15, 0.2) is 18.2 Å². The van der Waals surface area contributed by atoms with E-state index in [1.54, 1.807) is 0 Å². The summed E-state index contributed by atoms with van der Waals surface area (Å²) < 4.78 is 1.52. The van der Waals surface area contributed by atoms with Gasteiger partial charge < -0.3 is 11.1 Å². The Morgan fingerprint density at radius 2 is 1.75 bits per heavy atom. The molecule has 0 aliphatic heterocycles. The van der Waals surface area contributed by atoms with Gasteiger partial charge in [0, 0.05) is 11.3 Å². The van der Waals surface area contributed by atoms with Crippen molar-refractivity contribution < 1.29 is 0 Å². The summed E-state index contributed by atoms with van der Waals surface area (Å²) in [5.74, 6) is 0.741. The quantitative estimate of drug-likeness (QED) is 0.693. The number of nitrogen functional groups attached to an aromatic ring is 1. The van der Waals surface area contributed by atoms with Crippen LogP contribution in [0.25, 0.3) is 5.65 Å². The summed E-state index contributed by atoms with van der Waals surface area (Å²) in [4.78, 5) is 9.09. The van der Waals surface area contributed by atoms with Crippen LogP contribution in [0.4, 0.5) is 11.6 Å². The topological polar surface area (TPSA) is 105 Å². The predicted molar refractivity (Wildman–Crippen MR) is 115 cm³/mol. The van der Waals surface area contributed by atoms with E-state index in [4.69, 9.17) is 5.73 Å². The lowest BCUT2D eigenvalue weighted by Gasteiger charge is -2.10. The van der Waals surface area contributed by atoms with Gasteiger partial charge in [-0.15, -0.1) is 0 Å². The van der Waals surface area contributed by atoms with E-state index in [0.717, 1.165) is 29.1 Å². The zero-order valence-corrected chi connectivity index (χ0v) is 18.0. The van der Waals surface area contributed by atoms with E-state index in [2.05, 4.69) is 33.4 Å². The van der Waals surface area contributed by atoms with Crippen molar-refractivity contribution in [1.29, 1.82) is 5.26 Å². The van der Waals surface area contributed by atoms with E-state index in [1.807, 2.05) is 59.7 Å². The van der Waals surface area contributed by atoms with Gasteiger partial charge in [-0.2, -0.15) is 14.9 Å². The number of pyridine rings is 1. The Kier molecular flexibility index (Phi) is 8.89. The van der Waals surface area contributed by atoms with Gasteiger partial charge in [-0.05, 0) is 32.4 Å². The molecule has 7 heteroatoms. The first-order valence-corrected chi connectivity index (χ1v) is 9.79. The highest BCUT2D eigenvalue weighted by atomic mass is 15.3. The van der Waals surface area contributed by atoms with Gasteiger partial charge in [0.1, 0.15) is 17.5 Å². The van der Waals surface area contributed by atoms with E-state index in [-0.39, 0.29) is 11.4 Å². The van der Waals surface area contributed by atoms with E-state index in [0.29, 0.717) is 18.0 Å². The molecular weight excluding hydrogens is 350 g/mol. The summed E-state index contributed by atoms with van der Waals surface area (Å²) >= 11 is 0. The highest BCUT2D eigenvalue weighted by molar-refractivity contribution is 5.69. The van der Waals surface area contributed by atoms with Crippen molar-refractivity contribution in [3.05, 3.63) is 46.4 Å². The van der Waals surface area contributed by atoms with E-state index in [9.17, 15) is 5.26 Å². The Hall–Kier alpha value is -3.14. The summed E-state index contributed by atoms with van der Waals surface area (Å²) in [5, 5.41) is 17.0. The first-order chi connectivity index (χ1) is 13.5. The van der Waals surface area contributed by atoms with Crippen LogP contribution in [0.1, 0.15) is 62.8 Å². The standard InChI is InChI=1S/C17H19N7.2C2H6/c1-4-12-6-5-7-13(21-12)9-20-16-14(8-18)15(19)24-17(22-16)10(2)11(3)23-24;2*1-2/h5-7H,4,9,19H2,1-3H3,(H,20,22);2*1-2H3. The number of anilines is 2. The molecule has 0 bridgehead atoms. The van der Waals surface area contributed by atoms with Crippen LogP contribution < -0.4 is 11.1 Å². The molecule has 0 amide bonds. The fourth-order valence-corrected chi connectivity index (χ4v) is 2.52. The first-order valence-electron chi connectivity index (χ1n) is 9.79. The van der Waals surface area contributed by atoms with Gasteiger partial charge in [0.2, 0.25) is 0 Å². The number of nitrogens with two attached hydrogens (primary N) is 1. The number of aromatic nitrogens is 4. The molecule has 3 aromatic rings. The highest BCUT2D eigenvalue weighted by Gasteiger charge is 2.17. The molecule has 3 aromatic heterocycles. The first kappa shape index (κ1) is 22.9. The smallest absolute Gasteiger partial charge is 0.162 e. The minimum atomic E-state index is 0.288.